The van der Waals surface area contributed by atoms with E-state index in [1.807, 2.05) is 0 Å². The monoisotopic (exact) mass is 303 g/mol. The van der Waals surface area contributed by atoms with Gasteiger partial charge in [-0.05, 0) is 24.3 Å². The molecule has 0 unspecified atom stereocenters. The fraction of sp³-hybridized carbons (Fsp3) is 0.273. The lowest BCUT2D eigenvalue weighted by molar-refractivity contribution is 0.592. The Hall–Kier alpha value is -0.650. The van der Waals surface area contributed by atoms with E-state index in [9.17, 15) is 8.42 Å². The molecule has 0 aliphatic carbocycles. The molecule has 0 radical (unpaired) electrons. The van der Waals surface area contributed by atoms with Crippen molar-refractivity contribution in [2.45, 2.75) is 4.90 Å². The Morgan fingerprint density at radius 2 is 1.94 bits per heavy atom. The quantitative estimate of drug-likeness (QED) is 0.646. The second-order valence-electron chi connectivity index (χ2n) is 3.27. The van der Waals surface area contributed by atoms with Gasteiger partial charge in [0.2, 0.25) is 0 Å². The summed E-state index contributed by atoms with van der Waals surface area (Å²) in [5, 5.41) is 2.97. The van der Waals surface area contributed by atoms with E-state index in [1.54, 1.807) is 30.3 Å². The summed E-state index contributed by atoms with van der Waals surface area (Å²) in [5.74, 6) is 0.0997. The topological polar surface area (TPSA) is 46.2 Å². The Labute approximate surface area is 105 Å². The number of sulfone groups is 1. The van der Waals surface area contributed by atoms with Crippen molar-refractivity contribution in [3.8, 4) is 0 Å². The highest BCUT2D eigenvalue weighted by molar-refractivity contribution is 9.10. The van der Waals surface area contributed by atoms with E-state index in [0.717, 1.165) is 4.47 Å². The van der Waals surface area contributed by atoms with Crippen LogP contribution in [0.25, 0.3) is 0 Å². The summed E-state index contributed by atoms with van der Waals surface area (Å²) in [6, 6.07) is 6.66. The van der Waals surface area contributed by atoms with Crippen LogP contribution in [0.4, 0.5) is 0 Å². The minimum atomic E-state index is -3.18. The molecule has 1 aromatic rings. The summed E-state index contributed by atoms with van der Waals surface area (Å²) in [4.78, 5) is 0.358. The van der Waals surface area contributed by atoms with E-state index >= 15 is 0 Å². The van der Waals surface area contributed by atoms with Gasteiger partial charge >= 0.3 is 0 Å². The summed E-state index contributed by atoms with van der Waals surface area (Å²) in [6.45, 7) is 4.60. The predicted molar refractivity (Wildman–Crippen MR) is 69.3 cm³/mol. The maximum Gasteiger partial charge on any atom is 0.179 e. The predicted octanol–water partition coefficient (Wildman–Crippen LogP) is 2.00. The highest BCUT2D eigenvalue weighted by Gasteiger charge is 2.12. The minimum Gasteiger partial charge on any atom is -0.312 e. The van der Waals surface area contributed by atoms with Crippen LogP contribution in [0.15, 0.2) is 46.3 Å². The third-order valence-corrected chi connectivity index (χ3v) is 4.27. The summed E-state index contributed by atoms with van der Waals surface area (Å²) >= 11 is 3.27. The van der Waals surface area contributed by atoms with E-state index in [0.29, 0.717) is 18.0 Å². The molecule has 1 aromatic carbocycles. The lowest BCUT2D eigenvalue weighted by Crippen LogP contribution is -2.23. The smallest absolute Gasteiger partial charge is 0.179 e. The molecule has 0 heterocycles. The standard InChI is InChI=1S/C11H14BrNO2S/c1-2-7-13-8-9-16(14,15)11-5-3-10(12)4-6-11/h2-6,13H,1,7-9H2. The van der Waals surface area contributed by atoms with Gasteiger partial charge in [-0.1, -0.05) is 22.0 Å². The first-order valence-corrected chi connectivity index (χ1v) is 7.31. The van der Waals surface area contributed by atoms with E-state index in [1.165, 1.54) is 0 Å². The normalized spacial score (nSPS) is 11.3. The molecule has 0 bridgehead atoms. The highest BCUT2D eigenvalue weighted by atomic mass is 79.9. The Morgan fingerprint density at radius 3 is 2.50 bits per heavy atom. The number of benzene rings is 1. The molecule has 0 saturated carbocycles. The number of nitrogens with one attached hydrogen (secondary N) is 1. The van der Waals surface area contributed by atoms with Crippen molar-refractivity contribution in [2.24, 2.45) is 0 Å². The first-order chi connectivity index (χ1) is 7.56. The molecule has 0 atom stereocenters. The van der Waals surface area contributed by atoms with Gasteiger partial charge in [0.15, 0.2) is 9.84 Å². The fourth-order valence-electron chi connectivity index (χ4n) is 1.17. The first kappa shape index (κ1) is 13.4. The Balaban J connectivity index is 2.63. The van der Waals surface area contributed by atoms with E-state index < -0.39 is 9.84 Å². The molecule has 0 aromatic heterocycles. The molecule has 88 valence electrons. The summed E-state index contributed by atoms with van der Waals surface area (Å²) in [6.07, 6.45) is 1.70. The van der Waals surface area contributed by atoms with E-state index in [4.69, 9.17) is 0 Å². The SMILES string of the molecule is C=CCNCCS(=O)(=O)c1ccc(Br)cc1. The molecule has 0 fully saturated rings. The Bertz CT molecular complexity index is 440. The van der Waals surface area contributed by atoms with Crippen LogP contribution in [0.1, 0.15) is 0 Å². The second kappa shape index (κ2) is 6.18. The van der Waals surface area contributed by atoms with E-state index in [2.05, 4.69) is 27.8 Å². The molecule has 5 heteroatoms. The second-order valence-corrected chi connectivity index (χ2v) is 6.29. The third-order valence-electron chi connectivity index (χ3n) is 2.01. The average Bonchev–Trinajstić information content (AvgIpc) is 2.25. The highest BCUT2D eigenvalue weighted by Crippen LogP contribution is 2.15. The minimum absolute atomic E-state index is 0.0997. The zero-order chi connectivity index (χ0) is 12.0. The van der Waals surface area contributed by atoms with Crippen molar-refractivity contribution in [1.29, 1.82) is 0 Å². The van der Waals surface area contributed by atoms with Gasteiger partial charge < -0.3 is 5.32 Å². The van der Waals surface area contributed by atoms with Crippen LogP contribution >= 0.6 is 15.9 Å². The van der Waals surface area contributed by atoms with Crippen LogP contribution in [-0.4, -0.2) is 27.3 Å². The van der Waals surface area contributed by atoms with Gasteiger partial charge in [0.05, 0.1) is 10.6 Å². The van der Waals surface area contributed by atoms with Crippen LogP contribution < -0.4 is 5.32 Å². The van der Waals surface area contributed by atoms with Crippen LogP contribution in [0.3, 0.4) is 0 Å². The fourth-order valence-corrected chi connectivity index (χ4v) is 2.63. The summed E-state index contributed by atoms with van der Waals surface area (Å²) in [7, 11) is -3.18. The average molecular weight is 304 g/mol. The molecule has 1 N–H and O–H groups in total. The summed E-state index contributed by atoms with van der Waals surface area (Å²) < 4.78 is 24.5. The molecule has 0 saturated heterocycles. The molecular formula is C11H14BrNO2S. The molecule has 16 heavy (non-hydrogen) atoms. The molecule has 3 nitrogen and oxygen atoms in total. The Morgan fingerprint density at radius 1 is 1.31 bits per heavy atom. The van der Waals surface area contributed by atoms with Gasteiger partial charge in [0.25, 0.3) is 0 Å². The van der Waals surface area contributed by atoms with Gasteiger partial charge in [0.1, 0.15) is 0 Å². The van der Waals surface area contributed by atoms with Crippen LogP contribution in [0.2, 0.25) is 0 Å². The first-order valence-electron chi connectivity index (χ1n) is 4.86. The van der Waals surface area contributed by atoms with Gasteiger partial charge in [-0.15, -0.1) is 6.58 Å². The largest absolute Gasteiger partial charge is 0.312 e. The van der Waals surface area contributed by atoms with Crippen molar-refractivity contribution in [3.05, 3.63) is 41.4 Å². The third kappa shape index (κ3) is 4.08. The van der Waals surface area contributed by atoms with Crippen molar-refractivity contribution >= 4 is 25.8 Å². The van der Waals surface area contributed by atoms with Crippen molar-refractivity contribution < 1.29 is 8.42 Å². The number of hydrogen-bond acceptors (Lipinski definition) is 3. The molecule has 0 aliphatic rings. The molecule has 0 amide bonds. The zero-order valence-corrected chi connectivity index (χ0v) is 11.2. The molecule has 0 spiro atoms. The van der Waals surface area contributed by atoms with Gasteiger partial charge in [-0.25, -0.2) is 8.42 Å². The molecular weight excluding hydrogens is 290 g/mol. The van der Waals surface area contributed by atoms with Crippen LogP contribution in [0.5, 0.6) is 0 Å². The maximum atomic E-state index is 11.8. The number of halogens is 1. The van der Waals surface area contributed by atoms with Gasteiger partial charge in [-0.3, -0.25) is 0 Å². The van der Waals surface area contributed by atoms with Gasteiger partial charge in [-0.2, -0.15) is 0 Å². The molecule has 1 rings (SSSR count). The van der Waals surface area contributed by atoms with Crippen molar-refractivity contribution in [2.75, 3.05) is 18.8 Å². The van der Waals surface area contributed by atoms with Gasteiger partial charge in [0, 0.05) is 17.6 Å². The van der Waals surface area contributed by atoms with Crippen LogP contribution in [0, 0.1) is 0 Å². The lowest BCUT2D eigenvalue weighted by atomic mass is 10.4. The van der Waals surface area contributed by atoms with Crippen molar-refractivity contribution in [1.82, 2.24) is 5.32 Å². The number of rotatable bonds is 6. The van der Waals surface area contributed by atoms with E-state index in [-0.39, 0.29) is 5.75 Å². The van der Waals surface area contributed by atoms with Crippen LogP contribution in [-0.2, 0) is 9.84 Å². The maximum absolute atomic E-state index is 11.8. The van der Waals surface area contributed by atoms with Crippen molar-refractivity contribution in [3.63, 3.8) is 0 Å². The number of hydrogen-bond donors (Lipinski definition) is 1. The lowest BCUT2D eigenvalue weighted by Gasteiger charge is -2.04. The summed E-state index contributed by atoms with van der Waals surface area (Å²) in [5.41, 5.74) is 0. The zero-order valence-electron chi connectivity index (χ0n) is 8.82. The molecule has 0 aliphatic heterocycles. The Kier molecular flexibility index (Phi) is 5.18.